The predicted molar refractivity (Wildman–Crippen MR) is 62.8 cm³/mol. The molecule has 0 aromatic carbocycles. The maximum atomic E-state index is 5.67. The van der Waals surface area contributed by atoms with Gasteiger partial charge in [0, 0.05) is 12.7 Å². The highest BCUT2D eigenvalue weighted by molar-refractivity contribution is 9.10. The minimum atomic E-state index is 0.270. The van der Waals surface area contributed by atoms with E-state index in [1.807, 2.05) is 0 Å². The normalized spacial score (nSPS) is 10.2. The molecule has 0 amide bonds. The van der Waals surface area contributed by atoms with Crippen molar-refractivity contribution in [1.29, 1.82) is 0 Å². The molecule has 0 aliphatic heterocycles. The fourth-order valence-electron chi connectivity index (χ4n) is 1.05. The van der Waals surface area contributed by atoms with Crippen molar-refractivity contribution < 1.29 is 0 Å². The molecular formula is C9H13BrClN3. The van der Waals surface area contributed by atoms with Crippen LogP contribution in [0, 0.1) is 0 Å². The van der Waals surface area contributed by atoms with Gasteiger partial charge in [-0.05, 0) is 34.0 Å². The highest BCUT2D eigenvalue weighted by Gasteiger charge is 2.01. The monoisotopic (exact) mass is 277 g/mol. The Kier molecular flexibility index (Phi) is 5.19. The van der Waals surface area contributed by atoms with Crippen molar-refractivity contribution in [3.63, 3.8) is 0 Å². The Labute approximate surface area is 97.4 Å². The molecule has 0 saturated heterocycles. The molecule has 1 aromatic rings. The number of anilines is 1. The summed E-state index contributed by atoms with van der Waals surface area (Å²) in [5.74, 6) is 0.765. The highest BCUT2D eigenvalue weighted by Crippen LogP contribution is 2.19. The van der Waals surface area contributed by atoms with Gasteiger partial charge in [-0.1, -0.05) is 19.8 Å². The molecule has 0 bridgehead atoms. The molecule has 0 atom stereocenters. The number of halogens is 2. The molecule has 1 aromatic heterocycles. The Balaban J connectivity index is 2.45. The second-order valence-corrected chi connectivity index (χ2v) is 4.16. The molecule has 0 aliphatic rings. The molecule has 14 heavy (non-hydrogen) atoms. The van der Waals surface area contributed by atoms with Gasteiger partial charge in [0.05, 0.1) is 4.47 Å². The molecule has 1 rings (SSSR count). The molecule has 0 spiro atoms. The molecule has 1 N–H and O–H groups in total. The first-order valence-electron chi connectivity index (χ1n) is 4.66. The SMILES string of the molecule is CCCCCNc1nc(Cl)ncc1Br. The molecule has 0 unspecified atom stereocenters. The van der Waals surface area contributed by atoms with E-state index < -0.39 is 0 Å². The van der Waals surface area contributed by atoms with E-state index in [0.29, 0.717) is 0 Å². The van der Waals surface area contributed by atoms with Crippen LogP contribution in [0.15, 0.2) is 10.7 Å². The van der Waals surface area contributed by atoms with Crippen molar-refractivity contribution in [2.24, 2.45) is 0 Å². The van der Waals surface area contributed by atoms with E-state index >= 15 is 0 Å². The first-order chi connectivity index (χ1) is 6.74. The topological polar surface area (TPSA) is 37.8 Å². The van der Waals surface area contributed by atoms with Crippen LogP contribution in [0.1, 0.15) is 26.2 Å². The smallest absolute Gasteiger partial charge is 0.224 e. The van der Waals surface area contributed by atoms with Crippen molar-refractivity contribution in [3.8, 4) is 0 Å². The lowest BCUT2D eigenvalue weighted by Gasteiger charge is -2.06. The average Bonchev–Trinajstić information content (AvgIpc) is 2.18. The summed E-state index contributed by atoms with van der Waals surface area (Å²) in [6.45, 7) is 3.09. The van der Waals surface area contributed by atoms with Gasteiger partial charge in [-0.2, -0.15) is 4.98 Å². The molecule has 3 nitrogen and oxygen atoms in total. The van der Waals surface area contributed by atoms with Crippen LogP contribution < -0.4 is 5.32 Å². The van der Waals surface area contributed by atoms with Gasteiger partial charge in [-0.3, -0.25) is 0 Å². The number of unbranched alkanes of at least 4 members (excludes halogenated alkanes) is 2. The van der Waals surface area contributed by atoms with Crippen LogP contribution in [0.25, 0.3) is 0 Å². The molecular weight excluding hydrogens is 265 g/mol. The van der Waals surface area contributed by atoms with Gasteiger partial charge in [0.1, 0.15) is 5.82 Å². The summed E-state index contributed by atoms with van der Waals surface area (Å²) in [5.41, 5.74) is 0. The van der Waals surface area contributed by atoms with E-state index in [1.165, 1.54) is 12.8 Å². The van der Waals surface area contributed by atoms with E-state index in [1.54, 1.807) is 6.20 Å². The molecule has 1 heterocycles. The van der Waals surface area contributed by atoms with Crippen molar-refractivity contribution in [2.45, 2.75) is 26.2 Å². The minimum absolute atomic E-state index is 0.270. The van der Waals surface area contributed by atoms with Crippen LogP contribution in [0.2, 0.25) is 5.28 Å². The molecule has 0 fully saturated rings. The summed E-state index contributed by atoms with van der Waals surface area (Å²) in [6, 6.07) is 0. The van der Waals surface area contributed by atoms with E-state index in [9.17, 15) is 0 Å². The summed E-state index contributed by atoms with van der Waals surface area (Å²) in [4.78, 5) is 7.92. The summed E-state index contributed by atoms with van der Waals surface area (Å²) in [7, 11) is 0. The lowest BCUT2D eigenvalue weighted by molar-refractivity contribution is 0.742. The predicted octanol–water partition coefficient (Wildman–Crippen LogP) is 3.49. The van der Waals surface area contributed by atoms with Gasteiger partial charge in [0.2, 0.25) is 5.28 Å². The molecule has 0 radical (unpaired) electrons. The number of hydrogen-bond acceptors (Lipinski definition) is 3. The molecule has 0 saturated carbocycles. The zero-order chi connectivity index (χ0) is 10.4. The Morgan fingerprint density at radius 3 is 3.00 bits per heavy atom. The van der Waals surface area contributed by atoms with E-state index in [-0.39, 0.29) is 5.28 Å². The van der Waals surface area contributed by atoms with Crippen molar-refractivity contribution >= 4 is 33.3 Å². The zero-order valence-electron chi connectivity index (χ0n) is 8.06. The second-order valence-electron chi connectivity index (χ2n) is 2.97. The number of aromatic nitrogens is 2. The maximum Gasteiger partial charge on any atom is 0.224 e. The largest absolute Gasteiger partial charge is 0.369 e. The maximum absolute atomic E-state index is 5.67. The third kappa shape index (κ3) is 3.80. The molecule has 78 valence electrons. The fraction of sp³-hybridized carbons (Fsp3) is 0.556. The first kappa shape index (κ1) is 11.7. The van der Waals surface area contributed by atoms with E-state index in [4.69, 9.17) is 11.6 Å². The van der Waals surface area contributed by atoms with Crippen LogP contribution in [-0.2, 0) is 0 Å². The van der Waals surface area contributed by atoms with Gasteiger partial charge in [0.25, 0.3) is 0 Å². The summed E-state index contributed by atoms with van der Waals surface area (Å²) in [6.07, 6.45) is 5.23. The lowest BCUT2D eigenvalue weighted by atomic mass is 10.2. The highest BCUT2D eigenvalue weighted by atomic mass is 79.9. The number of hydrogen-bond donors (Lipinski definition) is 1. The number of nitrogens with one attached hydrogen (secondary N) is 1. The first-order valence-corrected chi connectivity index (χ1v) is 5.83. The van der Waals surface area contributed by atoms with Crippen LogP contribution in [-0.4, -0.2) is 16.5 Å². The lowest BCUT2D eigenvalue weighted by Crippen LogP contribution is -2.04. The second kappa shape index (κ2) is 6.19. The fourth-order valence-corrected chi connectivity index (χ4v) is 1.52. The van der Waals surface area contributed by atoms with Crippen LogP contribution in [0.4, 0.5) is 5.82 Å². The van der Waals surface area contributed by atoms with Crippen LogP contribution in [0.3, 0.4) is 0 Å². The minimum Gasteiger partial charge on any atom is -0.369 e. The van der Waals surface area contributed by atoms with Gasteiger partial charge < -0.3 is 5.32 Å². The number of nitrogens with zero attached hydrogens (tertiary/aromatic N) is 2. The van der Waals surface area contributed by atoms with Crippen LogP contribution >= 0.6 is 27.5 Å². The Bertz CT molecular complexity index is 293. The Morgan fingerprint density at radius 2 is 2.29 bits per heavy atom. The van der Waals surface area contributed by atoms with Gasteiger partial charge in [0.15, 0.2) is 0 Å². The molecule has 0 aliphatic carbocycles. The average molecular weight is 279 g/mol. The van der Waals surface area contributed by atoms with Crippen molar-refractivity contribution in [2.75, 3.05) is 11.9 Å². The van der Waals surface area contributed by atoms with Crippen molar-refractivity contribution in [3.05, 3.63) is 16.0 Å². The third-order valence-electron chi connectivity index (χ3n) is 1.79. The summed E-state index contributed by atoms with van der Waals surface area (Å²) >= 11 is 9.03. The molecule has 5 heteroatoms. The number of rotatable bonds is 5. The third-order valence-corrected chi connectivity index (χ3v) is 2.55. The van der Waals surface area contributed by atoms with Crippen LogP contribution in [0.5, 0.6) is 0 Å². The zero-order valence-corrected chi connectivity index (χ0v) is 10.4. The van der Waals surface area contributed by atoms with Gasteiger partial charge >= 0.3 is 0 Å². The van der Waals surface area contributed by atoms with Gasteiger partial charge in [-0.25, -0.2) is 4.98 Å². The Hall–Kier alpha value is -0.350. The summed E-state index contributed by atoms with van der Waals surface area (Å²) < 4.78 is 0.846. The Morgan fingerprint density at radius 1 is 1.50 bits per heavy atom. The van der Waals surface area contributed by atoms with Crippen molar-refractivity contribution in [1.82, 2.24) is 9.97 Å². The standard InChI is InChI=1S/C9H13BrClN3/c1-2-3-4-5-12-8-7(10)6-13-9(11)14-8/h6H,2-5H2,1H3,(H,12,13,14). The quantitative estimate of drug-likeness (QED) is 0.662. The van der Waals surface area contributed by atoms with E-state index in [2.05, 4.69) is 38.1 Å². The van der Waals surface area contributed by atoms with E-state index in [0.717, 1.165) is 23.3 Å². The summed E-state index contributed by atoms with van der Waals surface area (Å²) in [5, 5.41) is 3.48. The van der Waals surface area contributed by atoms with Gasteiger partial charge in [-0.15, -0.1) is 0 Å².